The SMILES string of the molecule is [CH2-][S@](=O)(=NC1(P(=O)(c2ccccc2)c2ccccc2)CCCCC1)c1ccccc1.[Li+]. The van der Waals surface area contributed by atoms with Crippen LogP contribution in [0.2, 0.25) is 0 Å². The van der Waals surface area contributed by atoms with Gasteiger partial charge in [-0.05, 0) is 25.0 Å². The summed E-state index contributed by atoms with van der Waals surface area (Å²) in [7, 11) is -6.20. The first kappa shape index (κ1) is 24.1. The number of nitrogens with zero attached hydrogens (tertiary/aromatic N) is 1. The van der Waals surface area contributed by atoms with Crippen LogP contribution >= 0.6 is 7.14 Å². The molecule has 1 atom stereocenters. The summed E-state index contributed by atoms with van der Waals surface area (Å²) < 4.78 is 33.9. The van der Waals surface area contributed by atoms with Crippen LogP contribution in [0.5, 0.6) is 0 Å². The first-order valence-corrected chi connectivity index (χ1v) is 13.7. The van der Waals surface area contributed by atoms with Gasteiger partial charge in [0.2, 0.25) is 0 Å². The van der Waals surface area contributed by atoms with Crippen molar-refractivity contribution in [3.05, 3.63) is 97.3 Å². The van der Waals surface area contributed by atoms with E-state index in [0.717, 1.165) is 29.9 Å². The van der Waals surface area contributed by atoms with E-state index in [2.05, 4.69) is 6.26 Å². The largest absolute Gasteiger partial charge is 1.00 e. The van der Waals surface area contributed by atoms with Crippen molar-refractivity contribution in [3.8, 4) is 0 Å². The number of benzene rings is 3. The van der Waals surface area contributed by atoms with Gasteiger partial charge < -0.3 is 4.57 Å². The van der Waals surface area contributed by atoms with Gasteiger partial charge in [-0.3, -0.25) is 4.21 Å². The van der Waals surface area contributed by atoms with Crippen molar-refractivity contribution >= 4 is 27.5 Å². The summed E-state index contributed by atoms with van der Waals surface area (Å²) in [5.74, 6) is 0. The summed E-state index contributed by atoms with van der Waals surface area (Å²) in [4.78, 5) is 0.586. The van der Waals surface area contributed by atoms with E-state index in [9.17, 15) is 4.21 Å². The van der Waals surface area contributed by atoms with E-state index in [1.54, 1.807) is 12.1 Å². The Morgan fingerprint density at radius 1 is 0.742 bits per heavy atom. The molecular weight excluding hydrogens is 416 g/mol. The molecule has 1 aliphatic rings. The number of hydrogen-bond donors (Lipinski definition) is 0. The van der Waals surface area contributed by atoms with Crippen LogP contribution < -0.4 is 29.5 Å². The minimum absolute atomic E-state index is 0. The summed E-state index contributed by atoms with van der Waals surface area (Å²) in [6.45, 7) is 0. The molecule has 0 radical (unpaired) electrons. The second kappa shape index (κ2) is 9.93. The van der Waals surface area contributed by atoms with Crippen molar-refractivity contribution in [1.82, 2.24) is 0 Å². The molecular formula is C25H27LiNO2PS. The first-order chi connectivity index (χ1) is 14.5. The predicted molar refractivity (Wildman–Crippen MR) is 126 cm³/mol. The predicted octanol–water partition coefficient (Wildman–Crippen LogP) is 2.98. The van der Waals surface area contributed by atoms with Crippen molar-refractivity contribution < 1.29 is 27.6 Å². The minimum atomic E-state index is -3.23. The molecule has 0 unspecified atom stereocenters. The Labute approximate surface area is 198 Å². The Morgan fingerprint density at radius 2 is 1.16 bits per heavy atom. The topological polar surface area (TPSA) is 46.5 Å². The van der Waals surface area contributed by atoms with Gasteiger partial charge >= 0.3 is 18.9 Å². The molecule has 0 bridgehead atoms. The maximum atomic E-state index is 15.2. The van der Waals surface area contributed by atoms with Crippen LogP contribution in [0.25, 0.3) is 0 Å². The van der Waals surface area contributed by atoms with Crippen LogP contribution in [0, 0.1) is 6.26 Å². The molecule has 3 nitrogen and oxygen atoms in total. The van der Waals surface area contributed by atoms with Gasteiger partial charge in [0.25, 0.3) is 0 Å². The second-order valence-corrected chi connectivity index (χ2v) is 12.9. The van der Waals surface area contributed by atoms with Crippen LogP contribution in [-0.4, -0.2) is 9.49 Å². The minimum Gasteiger partial charge on any atom is -0.311 e. The standard InChI is InChI=1S/C25H27NO2PS.Li/c1-30(28,24-18-10-4-11-19-24)26-25(20-12-5-13-21-25)29(27,22-14-6-2-7-15-22)23-16-8-3-9-17-23;/h2-4,6-11,14-19H,1,5,12-13,20-21H2;/q-1;+1/t30-;/m1./s1. The van der Waals surface area contributed by atoms with Crippen LogP contribution in [-0.2, 0) is 14.3 Å². The van der Waals surface area contributed by atoms with Gasteiger partial charge in [-0.25, -0.2) is 10.6 Å². The first-order valence-electron chi connectivity index (χ1n) is 10.4. The quantitative estimate of drug-likeness (QED) is 0.346. The Bertz CT molecular complexity index is 1110. The molecule has 1 aliphatic carbocycles. The zero-order valence-electron chi connectivity index (χ0n) is 18.0. The van der Waals surface area contributed by atoms with Crippen molar-refractivity contribution in [1.29, 1.82) is 0 Å². The second-order valence-electron chi connectivity index (χ2n) is 7.87. The van der Waals surface area contributed by atoms with Gasteiger partial charge in [0.05, 0.1) is 0 Å². The monoisotopic (exact) mass is 443 g/mol. The van der Waals surface area contributed by atoms with E-state index < -0.39 is 22.2 Å². The summed E-state index contributed by atoms with van der Waals surface area (Å²) >= 11 is 0. The number of rotatable bonds is 5. The molecule has 0 aliphatic heterocycles. The van der Waals surface area contributed by atoms with Gasteiger partial charge in [-0.2, -0.15) is 0 Å². The molecule has 1 fully saturated rings. The Kier molecular flexibility index (Phi) is 7.71. The Balaban J connectivity index is 0.00000272. The van der Waals surface area contributed by atoms with Crippen LogP contribution in [0.1, 0.15) is 32.1 Å². The third-order valence-corrected chi connectivity index (χ3v) is 11.5. The van der Waals surface area contributed by atoms with Crippen molar-refractivity contribution in [2.75, 3.05) is 0 Å². The third-order valence-electron chi connectivity index (χ3n) is 5.91. The fraction of sp³-hybridized carbons (Fsp3) is 0.240. The van der Waals surface area contributed by atoms with Crippen LogP contribution in [0.4, 0.5) is 0 Å². The van der Waals surface area contributed by atoms with Crippen molar-refractivity contribution in [3.63, 3.8) is 0 Å². The summed E-state index contributed by atoms with van der Waals surface area (Å²) in [5, 5.41) is 0.609. The molecule has 31 heavy (non-hydrogen) atoms. The van der Waals surface area contributed by atoms with Gasteiger partial charge in [0, 0.05) is 15.5 Å². The molecule has 6 heteroatoms. The van der Waals surface area contributed by atoms with Crippen LogP contribution in [0.15, 0.2) is 100 Å². The summed E-state index contributed by atoms with van der Waals surface area (Å²) in [5.41, 5.74) is 0. The van der Waals surface area contributed by atoms with Gasteiger partial charge in [-0.1, -0.05) is 108 Å². The fourth-order valence-corrected chi connectivity index (χ4v) is 10.1. The average Bonchev–Trinajstić information content (AvgIpc) is 2.80. The smallest absolute Gasteiger partial charge is 0.311 e. The molecule has 0 heterocycles. The zero-order chi connectivity index (χ0) is 21.1. The van der Waals surface area contributed by atoms with Crippen molar-refractivity contribution in [2.24, 2.45) is 4.36 Å². The molecule has 4 rings (SSSR count). The van der Waals surface area contributed by atoms with Crippen molar-refractivity contribution in [2.45, 2.75) is 42.3 Å². The molecule has 0 aromatic heterocycles. The fourth-order valence-electron chi connectivity index (χ4n) is 4.45. The maximum Gasteiger partial charge on any atom is 1.00 e. The van der Waals surface area contributed by atoms with Gasteiger partial charge in [-0.15, -0.1) is 0 Å². The molecule has 3 aromatic rings. The molecule has 1 saturated carbocycles. The molecule has 3 aromatic carbocycles. The van der Waals surface area contributed by atoms with E-state index in [4.69, 9.17) is 4.36 Å². The van der Waals surface area contributed by atoms with E-state index in [1.165, 1.54) is 0 Å². The number of hydrogen-bond acceptors (Lipinski definition) is 3. The van der Waals surface area contributed by atoms with Gasteiger partial charge in [0.15, 0.2) is 7.14 Å². The molecule has 0 saturated heterocycles. The van der Waals surface area contributed by atoms with E-state index >= 15 is 4.57 Å². The zero-order valence-corrected chi connectivity index (χ0v) is 19.7. The Hall–Kier alpha value is -1.56. The average molecular weight is 443 g/mol. The molecule has 0 N–H and O–H groups in total. The molecule has 0 spiro atoms. The van der Waals surface area contributed by atoms with Crippen LogP contribution in [0.3, 0.4) is 0 Å². The summed E-state index contributed by atoms with van der Waals surface area (Å²) in [6, 6.07) is 28.4. The molecule has 0 amide bonds. The Morgan fingerprint density at radius 3 is 1.61 bits per heavy atom. The normalized spacial score (nSPS) is 17.7. The van der Waals surface area contributed by atoms with E-state index in [-0.39, 0.29) is 18.9 Å². The maximum absolute atomic E-state index is 15.2. The summed E-state index contributed by atoms with van der Waals surface area (Å²) in [6.07, 6.45) is 8.21. The molecule has 156 valence electrons. The van der Waals surface area contributed by atoms with E-state index in [1.807, 2.05) is 78.9 Å². The third kappa shape index (κ3) is 4.64. The van der Waals surface area contributed by atoms with E-state index in [0.29, 0.717) is 17.7 Å². The van der Waals surface area contributed by atoms with Gasteiger partial charge in [0.1, 0.15) is 5.28 Å².